The Balaban J connectivity index is 2.12. The highest BCUT2D eigenvalue weighted by atomic mass is 19.4. The highest BCUT2D eigenvalue weighted by molar-refractivity contribution is 5.91. The van der Waals surface area contributed by atoms with Crippen molar-refractivity contribution in [2.75, 3.05) is 5.32 Å². The van der Waals surface area contributed by atoms with Crippen LogP contribution in [0.2, 0.25) is 0 Å². The van der Waals surface area contributed by atoms with Crippen molar-refractivity contribution >= 4 is 22.6 Å². The first-order chi connectivity index (χ1) is 12.7. The first-order valence-electron chi connectivity index (χ1n) is 8.10. The minimum Gasteiger partial charge on any atom is -0.325 e. The number of aryl methyl sites for hydroxylation is 2. The standard InChI is InChI=1S/C19H16F3N3O2/c1-11-8-14-15(9-12(11)2)25(18(27)17(24-14)19(20,21)22)10-16(26)23-13-6-4-3-5-7-13/h3-9H,10H2,1-2H3,(H,23,26). The fourth-order valence-corrected chi connectivity index (χ4v) is 2.70. The maximum Gasteiger partial charge on any atom is 0.438 e. The van der Waals surface area contributed by atoms with Crippen LogP contribution in [0.3, 0.4) is 0 Å². The third-order valence-electron chi connectivity index (χ3n) is 4.19. The summed E-state index contributed by atoms with van der Waals surface area (Å²) < 4.78 is 40.5. The average Bonchev–Trinajstić information content (AvgIpc) is 2.59. The molecule has 0 atom stereocenters. The minimum atomic E-state index is -4.91. The first-order valence-corrected chi connectivity index (χ1v) is 8.10. The Morgan fingerprint density at radius 2 is 1.74 bits per heavy atom. The summed E-state index contributed by atoms with van der Waals surface area (Å²) in [4.78, 5) is 28.2. The van der Waals surface area contributed by atoms with Crippen molar-refractivity contribution in [3.63, 3.8) is 0 Å². The maximum absolute atomic E-state index is 13.2. The number of amides is 1. The van der Waals surface area contributed by atoms with Gasteiger partial charge in [0.1, 0.15) is 6.54 Å². The Labute approximate surface area is 152 Å². The van der Waals surface area contributed by atoms with Crippen molar-refractivity contribution < 1.29 is 18.0 Å². The molecule has 0 aliphatic rings. The van der Waals surface area contributed by atoms with Gasteiger partial charge in [0.15, 0.2) is 0 Å². The second kappa shape index (κ2) is 6.86. The number of halogens is 3. The lowest BCUT2D eigenvalue weighted by Crippen LogP contribution is -2.34. The van der Waals surface area contributed by atoms with Crippen molar-refractivity contribution in [2.45, 2.75) is 26.6 Å². The van der Waals surface area contributed by atoms with Crippen LogP contribution in [0.5, 0.6) is 0 Å². The number of carbonyl (C=O) groups excluding carboxylic acids is 1. The monoisotopic (exact) mass is 375 g/mol. The number of anilines is 1. The van der Waals surface area contributed by atoms with Gasteiger partial charge in [-0.25, -0.2) is 4.98 Å². The molecular weight excluding hydrogens is 359 g/mol. The van der Waals surface area contributed by atoms with E-state index in [0.717, 1.165) is 15.7 Å². The fourth-order valence-electron chi connectivity index (χ4n) is 2.70. The molecule has 1 N–H and O–H groups in total. The molecule has 1 amide bonds. The number of fused-ring (bicyclic) bond motifs is 1. The van der Waals surface area contributed by atoms with Gasteiger partial charge < -0.3 is 5.32 Å². The van der Waals surface area contributed by atoms with Gasteiger partial charge in [-0.3, -0.25) is 14.2 Å². The summed E-state index contributed by atoms with van der Waals surface area (Å²) in [7, 11) is 0. The molecule has 0 saturated carbocycles. The zero-order valence-electron chi connectivity index (χ0n) is 14.6. The maximum atomic E-state index is 13.2. The Morgan fingerprint density at radius 1 is 1.11 bits per heavy atom. The van der Waals surface area contributed by atoms with Gasteiger partial charge in [0.2, 0.25) is 11.6 Å². The van der Waals surface area contributed by atoms with E-state index in [1.807, 2.05) is 0 Å². The van der Waals surface area contributed by atoms with Crippen LogP contribution >= 0.6 is 0 Å². The summed E-state index contributed by atoms with van der Waals surface area (Å²) in [6, 6.07) is 11.5. The summed E-state index contributed by atoms with van der Waals surface area (Å²) in [6.45, 7) is 2.95. The lowest BCUT2D eigenvalue weighted by Gasteiger charge is -2.15. The van der Waals surface area contributed by atoms with Gasteiger partial charge in [0.05, 0.1) is 11.0 Å². The Kier molecular flexibility index (Phi) is 4.73. The number of para-hydroxylation sites is 1. The minimum absolute atomic E-state index is 0.0116. The zero-order chi connectivity index (χ0) is 19.8. The van der Waals surface area contributed by atoms with E-state index < -0.39 is 29.9 Å². The second-order valence-electron chi connectivity index (χ2n) is 6.19. The lowest BCUT2D eigenvalue weighted by molar-refractivity contribution is -0.142. The van der Waals surface area contributed by atoms with Gasteiger partial charge in [-0.2, -0.15) is 13.2 Å². The molecule has 3 rings (SSSR count). The third-order valence-corrected chi connectivity index (χ3v) is 4.19. The van der Waals surface area contributed by atoms with E-state index in [1.165, 1.54) is 6.07 Å². The molecule has 0 bridgehead atoms. The number of carbonyl (C=O) groups is 1. The van der Waals surface area contributed by atoms with Crippen molar-refractivity contribution in [2.24, 2.45) is 0 Å². The van der Waals surface area contributed by atoms with Crippen molar-refractivity contribution in [1.82, 2.24) is 9.55 Å². The number of nitrogens with zero attached hydrogens (tertiary/aromatic N) is 2. The molecule has 0 fully saturated rings. The molecule has 1 aromatic heterocycles. The zero-order valence-corrected chi connectivity index (χ0v) is 14.6. The summed E-state index contributed by atoms with van der Waals surface area (Å²) in [5, 5.41) is 2.57. The predicted octanol–water partition coefficient (Wildman–Crippen LogP) is 3.67. The highest BCUT2D eigenvalue weighted by Gasteiger charge is 2.37. The van der Waals surface area contributed by atoms with Crippen LogP contribution in [0, 0.1) is 13.8 Å². The molecule has 140 valence electrons. The van der Waals surface area contributed by atoms with E-state index in [1.54, 1.807) is 50.2 Å². The van der Waals surface area contributed by atoms with Gasteiger partial charge in [0.25, 0.3) is 5.56 Å². The summed E-state index contributed by atoms with van der Waals surface area (Å²) >= 11 is 0. The van der Waals surface area contributed by atoms with E-state index in [4.69, 9.17) is 0 Å². The largest absolute Gasteiger partial charge is 0.438 e. The molecule has 3 aromatic rings. The van der Waals surface area contributed by atoms with Gasteiger partial charge in [0, 0.05) is 5.69 Å². The molecule has 0 aliphatic heterocycles. The fraction of sp³-hybridized carbons (Fsp3) is 0.211. The number of hydrogen-bond acceptors (Lipinski definition) is 3. The lowest BCUT2D eigenvalue weighted by atomic mass is 10.1. The summed E-state index contributed by atoms with van der Waals surface area (Å²) in [5.41, 5.74) is -0.691. The average molecular weight is 375 g/mol. The van der Waals surface area contributed by atoms with E-state index in [0.29, 0.717) is 5.69 Å². The molecule has 1 heterocycles. The Bertz CT molecular complexity index is 1070. The molecule has 0 saturated heterocycles. The molecule has 2 aromatic carbocycles. The van der Waals surface area contributed by atoms with Crippen LogP contribution in [0.1, 0.15) is 16.8 Å². The van der Waals surface area contributed by atoms with E-state index in [9.17, 15) is 22.8 Å². The molecule has 0 radical (unpaired) electrons. The molecular formula is C19H16F3N3O2. The van der Waals surface area contributed by atoms with Crippen LogP contribution in [0.4, 0.5) is 18.9 Å². The second-order valence-corrected chi connectivity index (χ2v) is 6.19. The van der Waals surface area contributed by atoms with Gasteiger partial charge in [-0.15, -0.1) is 0 Å². The van der Waals surface area contributed by atoms with E-state index >= 15 is 0 Å². The van der Waals surface area contributed by atoms with Crippen LogP contribution < -0.4 is 10.9 Å². The topological polar surface area (TPSA) is 64.0 Å². The van der Waals surface area contributed by atoms with Crippen molar-refractivity contribution in [1.29, 1.82) is 0 Å². The molecule has 0 spiro atoms. The first kappa shape index (κ1) is 18.6. The number of benzene rings is 2. The predicted molar refractivity (Wildman–Crippen MR) is 95.6 cm³/mol. The van der Waals surface area contributed by atoms with Gasteiger partial charge >= 0.3 is 6.18 Å². The Morgan fingerprint density at radius 3 is 2.37 bits per heavy atom. The highest BCUT2D eigenvalue weighted by Crippen LogP contribution is 2.27. The number of alkyl halides is 3. The normalized spacial score (nSPS) is 11.6. The molecule has 27 heavy (non-hydrogen) atoms. The number of rotatable bonds is 3. The van der Waals surface area contributed by atoms with Crippen LogP contribution in [-0.4, -0.2) is 15.5 Å². The van der Waals surface area contributed by atoms with Gasteiger partial charge in [-0.1, -0.05) is 18.2 Å². The van der Waals surface area contributed by atoms with Crippen LogP contribution in [-0.2, 0) is 17.5 Å². The summed E-state index contributed by atoms with van der Waals surface area (Å²) in [5.74, 6) is -0.609. The number of nitrogens with one attached hydrogen (secondary N) is 1. The molecule has 5 nitrogen and oxygen atoms in total. The Hall–Kier alpha value is -3.16. The van der Waals surface area contributed by atoms with E-state index in [-0.39, 0.29) is 11.0 Å². The summed E-state index contributed by atoms with van der Waals surface area (Å²) in [6.07, 6.45) is -4.91. The van der Waals surface area contributed by atoms with Gasteiger partial charge in [-0.05, 0) is 49.2 Å². The van der Waals surface area contributed by atoms with Crippen LogP contribution in [0.15, 0.2) is 47.3 Å². The van der Waals surface area contributed by atoms with Crippen molar-refractivity contribution in [3.8, 4) is 0 Å². The SMILES string of the molecule is Cc1cc2nc(C(F)(F)F)c(=O)n(CC(=O)Nc3ccccc3)c2cc1C. The molecule has 0 unspecified atom stereocenters. The van der Waals surface area contributed by atoms with Crippen molar-refractivity contribution in [3.05, 3.63) is 69.6 Å². The number of aromatic nitrogens is 2. The van der Waals surface area contributed by atoms with Crippen LogP contribution in [0.25, 0.3) is 11.0 Å². The molecule has 8 heteroatoms. The van der Waals surface area contributed by atoms with E-state index in [2.05, 4.69) is 10.3 Å². The number of hydrogen-bond donors (Lipinski definition) is 1. The smallest absolute Gasteiger partial charge is 0.325 e. The third kappa shape index (κ3) is 3.84. The molecule has 0 aliphatic carbocycles. The quantitative estimate of drug-likeness (QED) is 0.760.